The summed E-state index contributed by atoms with van der Waals surface area (Å²) in [5.41, 5.74) is 24.8. The highest BCUT2D eigenvalue weighted by Crippen LogP contribution is 2.48. The molecule has 0 N–H and O–H groups in total. The Hall–Kier alpha value is -12.3. The van der Waals surface area contributed by atoms with E-state index in [-0.39, 0.29) is 6.71 Å². The molecule has 442 valence electrons. The Labute approximate surface area is 553 Å². The predicted molar refractivity (Wildman–Crippen MR) is 397 cm³/mol. The number of benzene rings is 13. The molecule has 0 spiro atoms. The van der Waals surface area contributed by atoms with Crippen molar-refractivity contribution in [3.05, 3.63) is 328 Å². The van der Waals surface area contributed by atoms with E-state index in [4.69, 9.17) is 19.9 Å². The molecule has 13 aromatic carbocycles. The molecule has 0 amide bonds. The molecule has 95 heavy (non-hydrogen) atoms. The van der Waals surface area contributed by atoms with Gasteiger partial charge in [0.05, 0.1) is 39.5 Å². The van der Waals surface area contributed by atoms with Gasteiger partial charge in [0.25, 0.3) is 6.71 Å². The summed E-state index contributed by atoms with van der Waals surface area (Å²) in [7, 11) is 0. The predicted octanol–water partition coefficient (Wildman–Crippen LogP) is 20.5. The zero-order valence-electron chi connectivity index (χ0n) is 51.3. The number of nitrogens with zero attached hydrogens (tertiary/aromatic N) is 7. The first-order valence-electron chi connectivity index (χ1n) is 32.2. The van der Waals surface area contributed by atoms with Crippen LogP contribution in [0.15, 0.2) is 328 Å². The van der Waals surface area contributed by atoms with Crippen LogP contribution in [0.2, 0.25) is 0 Å². The highest BCUT2D eigenvalue weighted by atomic mass is 32.1. The van der Waals surface area contributed by atoms with E-state index >= 15 is 0 Å². The van der Waals surface area contributed by atoms with Crippen LogP contribution >= 0.6 is 11.3 Å². The molecule has 4 aromatic heterocycles. The van der Waals surface area contributed by atoms with Gasteiger partial charge in [-0.25, -0.2) is 19.9 Å². The molecule has 19 rings (SSSR count). The largest absolute Gasteiger partial charge is 0.311 e. The molecule has 0 saturated heterocycles. The smallest absolute Gasteiger partial charge is 0.252 e. The maximum atomic E-state index is 5.81. The Morgan fingerprint density at radius 1 is 0.284 bits per heavy atom. The van der Waals surface area contributed by atoms with Crippen LogP contribution in [-0.2, 0) is 0 Å². The lowest BCUT2D eigenvalue weighted by molar-refractivity contribution is 1.13. The first-order chi connectivity index (χ1) is 47.1. The molecule has 0 atom stereocenters. The molecule has 0 bridgehead atoms. The Bertz CT molecular complexity index is 5710. The van der Waals surface area contributed by atoms with Gasteiger partial charge >= 0.3 is 0 Å². The molecular formula is C86H54BN7S. The zero-order valence-corrected chi connectivity index (χ0v) is 52.1. The zero-order chi connectivity index (χ0) is 62.5. The lowest BCUT2D eigenvalue weighted by atomic mass is 9.33. The van der Waals surface area contributed by atoms with Gasteiger partial charge in [0.15, 0.2) is 11.6 Å². The normalized spacial score (nSPS) is 12.4. The monoisotopic (exact) mass is 1230 g/mol. The minimum atomic E-state index is -0.00235. The fourth-order valence-corrected chi connectivity index (χ4v) is 16.0. The molecule has 6 heterocycles. The van der Waals surface area contributed by atoms with Crippen molar-refractivity contribution in [1.82, 2.24) is 24.5 Å². The highest BCUT2D eigenvalue weighted by Gasteiger charge is 2.43. The van der Waals surface area contributed by atoms with Crippen LogP contribution in [0.4, 0.5) is 34.1 Å². The van der Waals surface area contributed by atoms with Gasteiger partial charge in [-0.15, -0.1) is 11.3 Å². The van der Waals surface area contributed by atoms with Gasteiger partial charge in [-0.05, 0) is 125 Å². The minimum absolute atomic E-state index is 0.00235. The number of thiophene rings is 1. The molecule has 7 nitrogen and oxygen atoms in total. The van der Waals surface area contributed by atoms with Crippen LogP contribution in [0.3, 0.4) is 0 Å². The standard InChI is InChI=1S/C86H54BN7S/c1-6-25-55(26-7-1)70-53-73(89-85(88-70)57-29-10-3-11-30-57)60-45-47-75(94-74-41-20-16-38-66(74)82-78(94)48-46-65-64-37-17-23-44-81(64)95-84(65)82)67(50-60)86-90-71(56-27-8-2-9-28-56)54-72(91-86)59-32-24-31-58(49-59)61-51-79-83-80(52-61)93(63-35-14-5-15-36-63)77-43-22-19-40-69(77)87(83)68-39-18-21-42-76(68)92(79)62-33-12-4-13-34-62/h1-54H. The fraction of sp³-hybridized carbons (Fsp3) is 0. The summed E-state index contributed by atoms with van der Waals surface area (Å²) in [6.45, 7) is -0.00235. The summed E-state index contributed by atoms with van der Waals surface area (Å²) in [6.07, 6.45) is 0. The second-order valence-electron chi connectivity index (χ2n) is 24.4. The van der Waals surface area contributed by atoms with Crippen LogP contribution in [0.5, 0.6) is 0 Å². The van der Waals surface area contributed by atoms with E-state index in [9.17, 15) is 0 Å². The van der Waals surface area contributed by atoms with Gasteiger partial charge in [-0.3, -0.25) is 0 Å². The Balaban J connectivity index is 0.847. The highest BCUT2D eigenvalue weighted by molar-refractivity contribution is 7.26. The summed E-state index contributed by atoms with van der Waals surface area (Å²) in [5, 5.41) is 4.93. The third-order valence-corrected chi connectivity index (χ3v) is 20.2. The summed E-state index contributed by atoms with van der Waals surface area (Å²) in [4.78, 5) is 27.1. The summed E-state index contributed by atoms with van der Waals surface area (Å²) in [6, 6.07) is 118. The van der Waals surface area contributed by atoms with Crippen molar-refractivity contribution >= 4 is 111 Å². The lowest BCUT2D eigenvalue weighted by Gasteiger charge is -2.44. The molecule has 9 heteroatoms. The maximum absolute atomic E-state index is 5.81. The average molecular weight is 1230 g/mol. The quantitative estimate of drug-likeness (QED) is 0.127. The van der Waals surface area contributed by atoms with E-state index in [1.54, 1.807) is 0 Å². The minimum Gasteiger partial charge on any atom is -0.311 e. The maximum Gasteiger partial charge on any atom is 0.252 e. The van der Waals surface area contributed by atoms with E-state index in [0.717, 1.165) is 107 Å². The van der Waals surface area contributed by atoms with Crippen molar-refractivity contribution in [1.29, 1.82) is 0 Å². The van der Waals surface area contributed by atoms with Crippen LogP contribution in [0, 0.1) is 0 Å². The molecule has 17 aromatic rings. The van der Waals surface area contributed by atoms with Gasteiger partial charge in [0.1, 0.15) is 0 Å². The summed E-state index contributed by atoms with van der Waals surface area (Å²) < 4.78 is 4.96. The van der Waals surface area contributed by atoms with Crippen LogP contribution in [0.1, 0.15) is 0 Å². The van der Waals surface area contributed by atoms with E-state index in [1.807, 2.05) is 35.6 Å². The van der Waals surface area contributed by atoms with Crippen molar-refractivity contribution in [3.8, 4) is 84.6 Å². The molecule has 0 aliphatic carbocycles. The van der Waals surface area contributed by atoms with E-state index in [2.05, 4.69) is 318 Å². The Kier molecular flexibility index (Phi) is 12.7. The van der Waals surface area contributed by atoms with Crippen molar-refractivity contribution in [2.75, 3.05) is 9.80 Å². The van der Waals surface area contributed by atoms with Gasteiger partial charge < -0.3 is 14.4 Å². The fourth-order valence-electron chi connectivity index (χ4n) is 14.7. The van der Waals surface area contributed by atoms with Gasteiger partial charge in [-0.1, -0.05) is 231 Å². The van der Waals surface area contributed by atoms with Crippen LogP contribution < -0.4 is 26.2 Å². The van der Waals surface area contributed by atoms with E-state index in [1.165, 1.54) is 58.7 Å². The molecular weight excluding hydrogens is 1170 g/mol. The van der Waals surface area contributed by atoms with Crippen LogP contribution in [0.25, 0.3) is 127 Å². The van der Waals surface area contributed by atoms with Crippen molar-refractivity contribution < 1.29 is 0 Å². The summed E-state index contributed by atoms with van der Waals surface area (Å²) >= 11 is 1.86. The number of para-hydroxylation sites is 5. The second kappa shape index (κ2) is 22.2. The SMILES string of the molecule is c1ccc(-c2cc(-c3ccc(-n4c5ccccc5c5c6sc7ccccc7c6ccc54)c(-c4nc(-c5ccccc5)cc(-c5cccc(-c6cc7c8c(c6)N(c6ccccc6)c6ccccc6B8c6ccccc6N7c6ccccc6)c5)n4)c3)nc(-c3ccccc3)n2)cc1. The molecule has 2 aliphatic rings. The van der Waals surface area contributed by atoms with Crippen molar-refractivity contribution in [2.45, 2.75) is 0 Å². The lowest BCUT2D eigenvalue weighted by Crippen LogP contribution is -2.61. The second-order valence-corrected chi connectivity index (χ2v) is 25.5. The number of hydrogen-bond donors (Lipinski definition) is 0. The van der Waals surface area contributed by atoms with Gasteiger partial charge in [0.2, 0.25) is 0 Å². The first kappa shape index (κ1) is 54.4. The number of rotatable bonds is 10. The number of hydrogen-bond acceptors (Lipinski definition) is 7. The summed E-state index contributed by atoms with van der Waals surface area (Å²) in [5.74, 6) is 1.22. The average Bonchev–Trinajstić information content (AvgIpc) is 0.949. The Morgan fingerprint density at radius 3 is 1.39 bits per heavy atom. The van der Waals surface area contributed by atoms with Crippen LogP contribution in [-0.4, -0.2) is 31.2 Å². The third-order valence-electron chi connectivity index (χ3n) is 19.0. The van der Waals surface area contributed by atoms with Crippen molar-refractivity contribution in [3.63, 3.8) is 0 Å². The molecule has 0 saturated carbocycles. The third kappa shape index (κ3) is 9.03. The Morgan fingerprint density at radius 2 is 0.768 bits per heavy atom. The van der Waals surface area contributed by atoms with E-state index in [0.29, 0.717) is 11.6 Å². The van der Waals surface area contributed by atoms with Gasteiger partial charge in [0, 0.05) is 98.4 Å². The number of fused-ring (bicyclic) bond motifs is 11. The number of anilines is 6. The van der Waals surface area contributed by atoms with Crippen molar-refractivity contribution in [2.24, 2.45) is 0 Å². The number of aromatic nitrogens is 5. The van der Waals surface area contributed by atoms with Gasteiger partial charge in [-0.2, -0.15) is 0 Å². The topological polar surface area (TPSA) is 63.0 Å². The first-order valence-corrected chi connectivity index (χ1v) is 33.0. The molecule has 0 radical (unpaired) electrons. The van der Waals surface area contributed by atoms with E-state index < -0.39 is 0 Å². The molecule has 2 aliphatic heterocycles. The molecule has 0 unspecified atom stereocenters. The molecule has 0 fully saturated rings.